The van der Waals surface area contributed by atoms with E-state index in [1.165, 1.54) is 28.6 Å². The Balaban J connectivity index is 1.46. The third kappa shape index (κ3) is 5.40. The maximum Gasteiger partial charge on any atom is 0.387 e. The number of nitrogens with zero attached hydrogens (tertiary/aromatic N) is 6. The third-order valence-corrected chi connectivity index (χ3v) is 5.32. The molecular weight excluding hydrogens is 468 g/mol. The van der Waals surface area contributed by atoms with Crippen molar-refractivity contribution in [1.82, 2.24) is 29.8 Å². The molecule has 2 heterocycles. The summed E-state index contributed by atoms with van der Waals surface area (Å²) in [4.78, 5) is 12.6. The molecule has 2 aromatic heterocycles. The van der Waals surface area contributed by atoms with Crippen LogP contribution in [0.15, 0.2) is 53.7 Å². The fraction of sp³-hybridized carbons (Fsp3) is 0.150. The lowest BCUT2D eigenvalue weighted by molar-refractivity contribution is -0.0498. The molecule has 176 valence electrons. The molecule has 0 spiro atoms. The minimum atomic E-state index is -2.90. The summed E-state index contributed by atoms with van der Waals surface area (Å²) in [6.07, 6.45) is 0. The van der Waals surface area contributed by atoms with Gasteiger partial charge in [0.2, 0.25) is 17.1 Å². The maximum absolute atomic E-state index is 12.3. The second kappa shape index (κ2) is 10.2. The fourth-order valence-corrected chi connectivity index (χ4v) is 3.63. The number of nitrogens with one attached hydrogen (secondary N) is 1. The predicted molar refractivity (Wildman–Crippen MR) is 122 cm³/mol. The molecule has 34 heavy (non-hydrogen) atoms. The van der Waals surface area contributed by atoms with Gasteiger partial charge in [-0.05, 0) is 36.4 Å². The van der Waals surface area contributed by atoms with E-state index < -0.39 is 6.61 Å². The summed E-state index contributed by atoms with van der Waals surface area (Å²) in [6.45, 7) is -2.90. The number of thioether (sulfide) groups is 1. The number of nitrogens with two attached hydrogens (primary N) is 2. The van der Waals surface area contributed by atoms with Gasteiger partial charge in [0.25, 0.3) is 0 Å². The van der Waals surface area contributed by atoms with Gasteiger partial charge in [-0.25, -0.2) is 4.68 Å². The molecule has 2 aromatic carbocycles. The van der Waals surface area contributed by atoms with Crippen LogP contribution >= 0.6 is 11.8 Å². The highest BCUT2D eigenvalue weighted by molar-refractivity contribution is 7.98. The summed E-state index contributed by atoms with van der Waals surface area (Å²) in [7, 11) is 1.56. The van der Waals surface area contributed by atoms with Crippen molar-refractivity contribution in [1.29, 1.82) is 0 Å². The fourth-order valence-electron chi connectivity index (χ4n) is 2.91. The van der Waals surface area contributed by atoms with E-state index in [-0.39, 0.29) is 23.4 Å². The molecule has 5 N–H and O–H groups in total. The average molecular weight is 487 g/mol. The number of nitrogen functional groups attached to an aromatic ring is 2. The monoisotopic (exact) mass is 487 g/mol. The summed E-state index contributed by atoms with van der Waals surface area (Å²) >= 11 is 1.24. The van der Waals surface area contributed by atoms with Gasteiger partial charge in [0.15, 0.2) is 5.82 Å². The number of methoxy groups -OCH3 is 1. The van der Waals surface area contributed by atoms with Crippen LogP contribution in [0.5, 0.6) is 11.5 Å². The molecule has 11 nitrogen and oxygen atoms in total. The van der Waals surface area contributed by atoms with Crippen LogP contribution in [0.2, 0.25) is 0 Å². The number of benzene rings is 2. The average Bonchev–Trinajstić information content (AvgIpc) is 3.18. The molecule has 0 amide bonds. The third-order valence-electron chi connectivity index (χ3n) is 4.39. The Morgan fingerprint density at radius 1 is 1.06 bits per heavy atom. The van der Waals surface area contributed by atoms with Gasteiger partial charge in [0, 0.05) is 5.56 Å². The number of alkyl halides is 2. The Bertz CT molecular complexity index is 1270. The first kappa shape index (κ1) is 23.0. The molecule has 0 atom stereocenters. The number of ether oxygens (including phenoxy) is 2. The van der Waals surface area contributed by atoms with Crippen molar-refractivity contribution in [2.45, 2.75) is 17.5 Å². The van der Waals surface area contributed by atoms with Gasteiger partial charge in [-0.3, -0.25) is 0 Å². The zero-order valence-corrected chi connectivity index (χ0v) is 18.5. The van der Waals surface area contributed by atoms with E-state index in [4.69, 9.17) is 16.3 Å². The van der Waals surface area contributed by atoms with Crippen LogP contribution in [0, 0.1) is 0 Å². The van der Waals surface area contributed by atoms with Crippen LogP contribution in [-0.2, 0) is 5.75 Å². The summed E-state index contributed by atoms with van der Waals surface area (Å²) in [5.41, 5.74) is 7.10. The highest BCUT2D eigenvalue weighted by Crippen LogP contribution is 2.28. The molecule has 0 saturated heterocycles. The van der Waals surface area contributed by atoms with Gasteiger partial charge in [0.05, 0.1) is 18.6 Å². The molecule has 0 radical (unpaired) electrons. The molecule has 4 aromatic rings. The van der Waals surface area contributed by atoms with Crippen LogP contribution in [0.3, 0.4) is 0 Å². The molecule has 0 aliphatic rings. The lowest BCUT2D eigenvalue weighted by atomic mass is 10.2. The first-order valence-electron chi connectivity index (χ1n) is 9.72. The summed E-state index contributed by atoms with van der Waals surface area (Å²) in [6, 6.07) is 13.2. The lowest BCUT2D eigenvalue weighted by Gasteiger charge is -2.10. The molecule has 0 saturated carbocycles. The van der Waals surface area contributed by atoms with Gasteiger partial charge in [-0.2, -0.15) is 23.7 Å². The maximum atomic E-state index is 12.3. The quantitative estimate of drug-likeness (QED) is 0.236. The van der Waals surface area contributed by atoms with E-state index >= 15 is 0 Å². The van der Waals surface area contributed by atoms with E-state index in [0.717, 1.165) is 0 Å². The normalized spacial score (nSPS) is 10.9. The van der Waals surface area contributed by atoms with Crippen molar-refractivity contribution in [2.24, 2.45) is 0 Å². The van der Waals surface area contributed by atoms with E-state index in [1.54, 1.807) is 25.3 Å². The minimum absolute atomic E-state index is 0.0291. The van der Waals surface area contributed by atoms with Crippen molar-refractivity contribution < 1.29 is 18.3 Å². The first-order chi connectivity index (χ1) is 16.4. The minimum Gasteiger partial charge on any atom is -0.495 e. The van der Waals surface area contributed by atoms with Gasteiger partial charge in [-0.1, -0.05) is 23.9 Å². The standard InChI is InChI=1S/C20H19F2N9O2S/c1-32-14-5-3-2-4-13(14)25-19-27-15(26-18(23)28-19)10-34-20-30-29-16(31(20)24)11-6-8-12(9-7-11)33-17(21)22/h2-9,17H,10,24H2,1H3,(H3,23,25,26,27,28). The topological polar surface area (TPSA) is 152 Å². The molecule has 4 rings (SSSR count). The van der Waals surface area contributed by atoms with Crippen LogP contribution in [0.25, 0.3) is 11.4 Å². The van der Waals surface area contributed by atoms with Gasteiger partial charge < -0.3 is 26.4 Å². The Hall–Kier alpha value is -4.20. The molecular formula is C20H19F2N9O2S. The van der Waals surface area contributed by atoms with Crippen molar-refractivity contribution in [3.05, 3.63) is 54.4 Å². The second-order valence-electron chi connectivity index (χ2n) is 6.63. The van der Waals surface area contributed by atoms with Crippen molar-refractivity contribution in [3.8, 4) is 22.9 Å². The Morgan fingerprint density at radius 3 is 2.56 bits per heavy atom. The van der Waals surface area contributed by atoms with Gasteiger partial charge in [-0.15, -0.1) is 10.2 Å². The SMILES string of the molecule is COc1ccccc1Nc1nc(N)nc(CSc2nnc(-c3ccc(OC(F)F)cc3)n2N)n1. The molecule has 14 heteroatoms. The van der Waals surface area contributed by atoms with E-state index in [0.29, 0.717) is 33.8 Å². The van der Waals surface area contributed by atoms with Crippen molar-refractivity contribution >= 4 is 29.3 Å². The zero-order chi connectivity index (χ0) is 24.1. The van der Waals surface area contributed by atoms with Crippen molar-refractivity contribution in [2.75, 3.05) is 24.0 Å². The van der Waals surface area contributed by atoms with Gasteiger partial charge in [0.1, 0.15) is 17.3 Å². The zero-order valence-electron chi connectivity index (χ0n) is 17.7. The summed E-state index contributed by atoms with van der Waals surface area (Å²) in [5.74, 6) is 8.11. The highest BCUT2D eigenvalue weighted by Gasteiger charge is 2.15. The highest BCUT2D eigenvalue weighted by atomic mass is 32.2. The number of para-hydroxylation sites is 2. The van der Waals surface area contributed by atoms with Crippen LogP contribution in [-0.4, -0.2) is 43.5 Å². The molecule has 0 fully saturated rings. The van der Waals surface area contributed by atoms with Gasteiger partial charge >= 0.3 is 6.61 Å². The number of hydrogen-bond acceptors (Lipinski definition) is 11. The van der Waals surface area contributed by atoms with Crippen LogP contribution in [0.1, 0.15) is 5.82 Å². The Kier molecular flexibility index (Phi) is 6.87. The summed E-state index contributed by atoms with van der Waals surface area (Å²) < 4.78 is 35.6. The number of rotatable bonds is 9. The molecule has 0 aliphatic heterocycles. The molecule has 0 aliphatic carbocycles. The molecule has 0 unspecified atom stereocenters. The second-order valence-corrected chi connectivity index (χ2v) is 7.57. The van der Waals surface area contributed by atoms with Crippen molar-refractivity contribution in [3.63, 3.8) is 0 Å². The van der Waals surface area contributed by atoms with Crippen LogP contribution in [0.4, 0.5) is 26.4 Å². The number of aromatic nitrogens is 6. The Labute approximate surface area is 196 Å². The van der Waals surface area contributed by atoms with E-state index in [2.05, 4.69) is 35.2 Å². The number of halogens is 2. The van der Waals surface area contributed by atoms with E-state index in [9.17, 15) is 8.78 Å². The number of anilines is 3. The largest absolute Gasteiger partial charge is 0.495 e. The number of hydrogen-bond donors (Lipinski definition) is 3. The van der Waals surface area contributed by atoms with Crippen LogP contribution < -0.4 is 26.4 Å². The lowest BCUT2D eigenvalue weighted by Crippen LogP contribution is -2.12. The molecule has 0 bridgehead atoms. The smallest absolute Gasteiger partial charge is 0.387 e. The summed E-state index contributed by atoms with van der Waals surface area (Å²) in [5, 5.41) is 11.6. The predicted octanol–water partition coefficient (Wildman–Crippen LogP) is 3.07. The van der Waals surface area contributed by atoms with E-state index in [1.807, 2.05) is 18.2 Å². The first-order valence-corrected chi connectivity index (χ1v) is 10.7. The Morgan fingerprint density at radius 2 is 1.82 bits per heavy atom.